The van der Waals surface area contributed by atoms with Gasteiger partial charge in [-0.05, 0) is 29.8 Å². The highest BCUT2D eigenvalue weighted by atomic mass is 35.5. The quantitative estimate of drug-likeness (QED) is 0.765. The van der Waals surface area contributed by atoms with E-state index in [4.69, 9.17) is 11.6 Å². The van der Waals surface area contributed by atoms with E-state index >= 15 is 0 Å². The number of benzene rings is 2. The molecule has 0 unspecified atom stereocenters. The summed E-state index contributed by atoms with van der Waals surface area (Å²) in [6.07, 6.45) is 3.51. The third kappa shape index (κ3) is 3.70. The molecule has 3 rings (SSSR count). The third-order valence-corrected chi connectivity index (χ3v) is 3.67. The van der Waals surface area contributed by atoms with E-state index in [2.05, 4.69) is 15.7 Å². The molecule has 0 spiro atoms. The van der Waals surface area contributed by atoms with E-state index in [-0.39, 0.29) is 6.03 Å². The molecule has 0 atom stereocenters. The summed E-state index contributed by atoms with van der Waals surface area (Å²) < 4.78 is 1.70. The van der Waals surface area contributed by atoms with Crippen LogP contribution in [0.4, 0.5) is 10.5 Å². The molecule has 1 heterocycles. The summed E-state index contributed by atoms with van der Waals surface area (Å²) in [5, 5.41) is 10.4. The SMILES string of the molecule is O=C(NCc1ccccc1Cl)Nc1ccccc1-n1cccn1. The molecule has 2 aromatic carbocycles. The third-order valence-electron chi connectivity index (χ3n) is 3.30. The highest BCUT2D eigenvalue weighted by Crippen LogP contribution is 2.19. The zero-order valence-corrected chi connectivity index (χ0v) is 13.0. The van der Waals surface area contributed by atoms with Crippen LogP contribution in [0.3, 0.4) is 0 Å². The number of amides is 2. The number of anilines is 1. The fourth-order valence-electron chi connectivity index (χ4n) is 2.17. The van der Waals surface area contributed by atoms with Gasteiger partial charge in [-0.25, -0.2) is 9.48 Å². The van der Waals surface area contributed by atoms with Crippen molar-refractivity contribution in [3.05, 3.63) is 77.6 Å². The van der Waals surface area contributed by atoms with Crippen molar-refractivity contribution in [3.8, 4) is 5.69 Å². The highest BCUT2D eigenvalue weighted by molar-refractivity contribution is 6.31. The monoisotopic (exact) mass is 326 g/mol. The smallest absolute Gasteiger partial charge is 0.319 e. The lowest BCUT2D eigenvalue weighted by Gasteiger charge is -2.12. The number of rotatable bonds is 4. The summed E-state index contributed by atoms with van der Waals surface area (Å²) in [7, 11) is 0. The average molecular weight is 327 g/mol. The average Bonchev–Trinajstić information content (AvgIpc) is 3.09. The molecule has 2 amide bonds. The maximum atomic E-state index is 12.1. The predicted molar refractivity (Wildman–Crippen MR) is 90.9 cm³/mol. The molecule has 0 fully saturated rings. The number of carbonyl (C=O) groups excluding carboxylic acids is 1. The molecular weight excluding hydrogens is 312 g/mol. The van der Waals surface area contributed by atoms with Crippen LogP contribution in [0.15, 0.2) is 67.0 Å². The van der Waals surface area contributed by atoms with Crippen LogP contribution in [-0.4, -0.2) is 15.8 Å². The topological polar surface area (TPSA) is 59.0 Å². The Kier molecular flexibility index (Phi) is 4.59. The van der Waals surface area contributed by atoms with Crippen LogP contribution in [0.5, 0.6) is 0 Å². The lowest BCUT2D eigenvalue weighted by Crippen LogP contribution is -2.28. The largest absolute Gasteiger partial charge is 0.334 e. The normalized spacial score (nSPS) is 10.3. The van der Waals surface area contributed by atoms with Crippen molar-refractivity contribution in [2.45, 2.75) is 6.54 Å². The Morgan fingerprint density at radius 1 is 1.09 bits per heavy atom. The van der Waals surface area contributed by atoms with E-state index < -0.39 is 0 Å². The molecule has 0 radical (unpaired) electrons. The Balaban J connectivity index is 1.68. The zero-order chi connectivity index (χ0) is 16.1. The van der Waals surface area contributed by atoms with Gasteiger partial charge >= 0.3 is 6.03 Å². The molecule has 3 aromatic rings. The minimum atomic E-state index is -0.301. The van der Waals surface area contributed by atoms with Crippen LogP contribution in [0.25, 0.3) is 5.69 Å². The maximum absolute atomic E-state index is 12.1. The van der Waals surface area contributed by atoms with Crippen molar-refractivity contribution < 1.29 is 4.79 Å². The molecular formula is C17H15ClN4O. The Bertz CT molecular complexity index is 802. The first-order chi connectivity index (χ1) is 11.2. The van der Waals surface area contributed by atoms with E-state index in [0.717, 1.165) is 11.3 Å². The molecule has 0 aliphatic heterocycles. The van der Waals surface area contributed by atoms with Crippen LogP contribution in [0.2, 0.25) is 5.02 Å². The fraction of sp³-hybridized carbons (Fsp3) is 0.0588. The van der Waals surface area contributed by atoms with E-state index in [1.54, 1.807) is 16.9 Å². The van der Waals surface area contributed by atoms with Crippen molar-refractivity contribution in [1.29, 1.82) is 0 Å². The van der Waals surface area contributed by atoms with Crippen LogP contribution >= 0.6 is 11.6 Å². The summed E-state index contributed by atoms with van der Waals surface area (Å²) in [5.74, 6) is 0. The number of aromatic nitrogens is 2. The van der Waals surface area contributed by atoms with Gasteiger partial charge in [-0.1, -0.05) is 41.9 Å². The summed E-state index contributed by atoms with van der Waals surface area (Å²) in [4.78, 5) is 12.1. The summed E-state index contributed by atoms with van der Waals surface area (Å²) in [5.41, 5.74) is 2.34. The van der Waals surface area contributed by atoms with Gasteiger partial charge in [-0.15, -0.1) is 0 Å². The second kappa shape index (κ2) is 6.98. The summed E-state index contributed by atoms with van der Waals surface area (Å²) in [6, 6.07) is 16.4. The highest BCUT2D eigenvalue weighted by Gasteiger charge is 2.08. The molecule has 6 heteroatoms. The summed E-state index contributed by atoms with van der Waals surface area (Å²) in [6.45, 7) is 0.357. The van der Waals surface area contributed by atoms with Gasteiger partial charge in [0.1, 0.15) is 0 Å². The van der Waals surface area contributed by atoms with Gasteiger partial charge < -0.3 is 10.6 Å². The predicted octanol–water partition coefficient (Wildman–Crippen LogP) is 3.85. The first kappa shape index (κ1) is 15.1. The van der Waals surface area contributed by atoms with Crippen molar-refractivity contribution in [3.63, 3.8) is 0 Å². The number of nitrogens with one attached hydrogen (secondary N) is 2. The van der Waals surface area contributed by atoms with Gasteiger partial charge in [-0.3, -0.25) is 0 Å². The molecule has 2 N–H and O–H groups in total. The lowest BCUT2D eigenvalue weighted by atomic mass is 10.2. The number of carbonyl (C=O) groups is 1. The number of halogens is 1. The maximum Gasteiger partial charge on any atom is 0.319 e. The molecule has 0 saturated carbocycles. The van der Waals surface area contributed by atoms with E-state index in [9.17, 15) is 4.79 Å². The molecule has 1 aromatic heterocycles. The van der Waals surface area contributed by atoms with Gasteiger partial charge in [0, 0.05) is 24.0 Å². The Morgan fingerprint density at radius 2 is 1.87 bits per heavy atom. The Hall–Kier alpha value is -2.79. The molecule has 0 bridgehead atoms. The van der Waals surface area contributed by atoms with Gasteiger partial charge in [-0.2, -0.15) is 5.10 Å². The minimum Gasteiger partial charge on any atom is -0.334 e. The second-order valence-corrected chi connectivity index (χ2v) is 5.27. The first-order valence-corrected chi connectivity index (χ1v) is 7.49. The number of para-hydroxylation sites is 2. The number of hydrogen-bond donors (Lipinski definition) is 2. The Labute approximate surface area is 138 Å². The molecule has 5 nitrogen and oxygen atoms in total. The van der Waals surface area contributed by atoms with Crippen molar-refractivity contribution in [1.82, 2.24) is 15.1 Å². The van der Waals surface area contributed by atoms with Crippen LogP contribution in [-0.2, 0) is 6.54 Å². The Morgan fingerprint density at radius 3 is 2.65 bits per heavy atom. The van der Waals surface area contributed by atoms with E-state index in [1.807, 2.05) is 54.7 Å². The lowest BCUT2D eigenvalue weighted by molar-refractivity contribution is 0.251. The summed E-state index contributed by atoms with van der Waals surface area (Å²) >= 11 is 6.08. The van der Waals surface area contributed by atoms with E-state index in [1.165, 1.54) is 0 Å². The van der Waals surface area contributed by atoms with Crippen LogP contribution in [0.1, 0.15) is 5.56 Å². The number of urea groups is 1. The second-order valence-electron chi connectivity index (χ2n) is 4.87. The van der Waals surface area contributed by atoms with Crippen LogP contribution in [0, 0.1) is 0 Å². The van der Waals surface area contributed by atoms with Crippen LogP contribution < -0.4 is 10.6 Å². The minimum absolute atomic E-state index is 0.301. The molecule has 116 valence electrons. The van der Waals surface area contributed by atoms with Crippen molar-refractivity contribution >= 4 is 23.3 Å². The number of hydrogen-bond acceptors (Lipinski definition) is 2. The van der Waals surface area contributed by atoms with Gasteiger partial charge in [0.15, 0.2) is 0 Å². The number of nitrogens with zero attached hydrogens (tertiary/aromatic N) is 2. The molecule has 0 aliphatic rings. The van der Waals surface area contributed by atoms with Crippen molar-refractivity contribution in [2.75, 3.05) is 5.32 Å². The molecule has 23 heavy (non-hydrogen) atoms. The fourth-order valence-corrected chi connectivity index (χ4v) is 2.38. The van der Waals surface area contributed by atoms with Crippen molar-refractivity contribution in [2.24, 2.45) is 0 Å². The van der Waals surface area contributed by atoms with Gasteiger partial charge in [0.2, 0.25) is 0 Å². The molecule has 0 saturated heterocycles. The first-order valence-electron chi connectivity index (χ1n) is 7.11. The van der Waals surface area contributed by atoms with E-state index in [0.29, 0.717) is 17.3 Å². The molecule has 0 aliphatic carbocycles. The standard InChI is InChI=1S/C17H15ClN4O/c18-14-7-2-1-6-13(14)12-19-17(23)21-15-8-3-4-9-16(15)22-11-5-10-20-22/h1-11H,12H2,(H2,19,21,23). The van der Waals surface area contributed by atoms with Gasteiger partial charge in [0.05, 0.1) is 11.4 Å². The van der Waals surface area contributed by atoms with Gasteiger partial charge in [0.25, 0.3) is 0 Å². The zero-order valence-electron chi connectivity index (χ0n) is 12.2.